The summed E-state index contributed by atoms with van der Waals surface area (Å²) in [7, 11) is 2.02. The predicted octanol–water partition coefficient (Wildman–Crippen LogP) is 1.78. The summed E-state index contributed by atoms with van der Waals surface area (Å²) >= 11 is 0. The van der Waals surface area contributed by atoms with Gasteiger partial charge in [-0.15, -0.1) is 0 Å². The molecule has 18 heavy (non-hydrogen) atoms. The van der Waals surface area contributed by atoms with E-state index >= 15 is 0 Å². The third kappa shape index (κ3) is 2.96. The summed E-state index contributed by atoms with van der Waals surface area (Å²) in [6.45, 7) is 3.29. The van der Waals surface area contributed by atoms with Crippen molar-refractivity contribution in [2.75, 3.05) is 25.5 Å². The maximum absolute atomic E-state index is 12.0. The van der Waals surface area contributed by atoms with Crippen molar-refractivity contribution >= 4 is 17.4 Å². The molecule has 96 valence electrons. The normalized spacial score (nSPS) is 19.8. The lowest BCUT2D eigenvalue weighted by Crippen LogP contribution is -2.25. The minimum absolute atomic E-state index is 0.00620. The molecule has 1 N–H and O–H groups in total. The molecule has 2 rings (SSSR count). The van der Waals surface area contributed by atoms with E-state index in [-0.39, 0.29) is 17.6 Å². The zero-order valence-corrected chi connectivity index (χ0v) is 10.8. The van der Waals surface area contributed by atoms with Crippen LogP contribution in [-0.4, -0.2) is 36.7 Å². The van der Waals surface area contributed by atoms with Crippen LogP contribution in [0.25, 0.3) is 0 Å². The number of amides is 1. The van der Waals surface area contributed by atoms with Crippen LogP contribution in [0, 0.1) is 5.92 Å². The molecule has 0 aliphatic carbocycles. The second-order valence-electron chi connectivity index (χ2n) is 4.87. The number of carbonyl (C=O) groups is 2. The Labute approximate surface area is 107 Å². The van der Waals surface area contributed by atoms with Crippen molar-refractivity contribution in [1.29, 1.82) is 0 Å². The summed E-state index contributed by atoms with van der Waals surface area (Å²) < 4.78 is 0. The summed E-state index contributed by atoms with van der Waals surface area (Å²) in [5.74, 6) is 0.0998. The molecular weight excluding hydrogens is 228 g/mol. The molecule has 1 aromatic carbocycles. The van der Waals surface area contributed by atoms with E-state index in [9.17, 15) is 9.59 Å². The zero-order valence-electron chi connectivity index (χ0n) is 10.8. The van der Waals surface area contributed by atoms with Crippen molar-refractivity contribution in [2.24, 2.45) is 5.92 Å². The van der Waals surface area contributed by atoms with Gasteiger partial charge in [0.05, 0.1) is 5.92 Å². The van der Waals surface area contributed by atoms with Crippen LogP contribution < -0.4 is 5.32 Å². The number of hydrogen-bond donors (Lipinski definition) is 1. The van der Waals surface area contributed by atoms with Gasteiger partial charge in [0.2, 0.25) is 5.91 Å². The third-order valence-electron chi connectivity index (χ3n) is 3.30. The highest BCUT2D eigenvalue weighted by atomic mass is 16.2. The van der Waals surface area contributed by atoms with Crippen LogP contribution in [-0.2, 0) is 4.79 Å². The highest BCUT2D eigenvalue weighted by Crippen LogP contribution is 2.18. The lowest BCUT2D eigenvalue weighted by atomic mass is 10.1. The van der Waals surface area contributed by atoms with E-state index in [1.165, 1.54) is 6.92 Å². The molecule has 1 fully saturated rings. The summed E-state index contributed by atoms with van der Waals surface area (Å²) in [4.78, 5) is 25.4. The SMILES string of the molecule is CC(=O)c1cccc(NC(=O)C2CCN(C)C2)c1. The fourth-order valence-electron chi connectivity index (χ4n) is 2.21. The largest absolute Gasteiger partial charge is 0.326 e. The predicted molar refractivity (Wildman–Crippen MR) is 70.7 cm³/mol. The van der Waals surface area contributed by atoms with Crippen LogP contribution in [0.15, 0.2) is 24.3 Å². The van der Waals surface area contributed by atoms with Gasteiger partial charge in [-0.05, 0) is 39.1 Å². The Hall–Kier alpha value is -1.68. The van der Waals surface area contributed by atoms with Crippen molar-refractivity contribution in [3.05, 3.63) is 29.8 Å². The number of rotatable bonds is 3. The van der Waals surface area contributed by atoms with E-state index in [1.54, 1.807) is 18.2 Å². The Morgan fingerprint density at radius 3 is 2.78 bits per heavy atom. The van der Waals surface area contributed by atoms with Gasteiger partial charge in [-0.3, -0.25) is 9.59 Å². The van der Waals surface area contributed by atoms with Crippen molar-refractivity contribution in [2.45, 2.75) is 13.3 Å². The monoisotopic (exact) mass is 246 g/mol. The molecule has 1 aromatic rings. The molecule has 4 nitrogen and oxygen atoms in total. The molecule has 1 unspecified atom stereocenters. The van der Waals surface area contributed by atoms with Crippen LogP contribution in [0.3, 0.4) is 0 Å². The molecule has 0 radical (unpaired) electrons. The highest BCUT2D eigenvalue weighted by Gasteiger charge is 2.26. The third-order valence-corrected chi connectivity index (χ3v) is 3.30. The standard InChI is InChI=1S/C14H18N2O2/c1-10(17)11-4-3-5-13(8-11)15-14(18)12-6-7-16(2)9-12/h3-5,8,12H,6-7,9H2,1-2H3,(H,15,18). The molecule has 0 spiro atoms. The second-order valence-corrected chi connectivity index (χ2v) is 4.87. The van der Waals surface area contributed by atoms with Crippen LogP contribution in [0.4, 0.5) is 5.69 Å². The smallest absolute Gasteiger partial charge is 0.228 e. The van der Waals surface area contributed by atoms with Gasteiger partial charge in [0.15, 0.2) is 5.78 Å². The van der Waals surface area contributed by atoms with Crippen LogP contribution in [0.1, 0.15) is 23.7 Å². The first-order valence-electron chi connectivity index (χ1n) is 6.16. The number of hydrogen-bond acceptors (Lipinski definition) is 3. The Morgan fingerprint density at radius 1 is 1.39 bits per heavy atom. The van der Waals surface area contributed by atoms with Crippen LogP contribution in [0.5, 0.6) is 0 Å². The van der Waals surface area contributed by atoms with E-state index < -0.39 is 0 Å². The van der Waals surface area contributed by atoms with Gasteiger partial charge in [0.1, 0.15) is 0 Å². The summed E-state index contributed by atoms with van der Waals surface area (Å²) in [6, 6.07) is 7.07. The van der Waals surface area contributed by atoms with Gasteiger partial charge in [0.25, 0.3) is 0 Å². The van der Waals surface area contributed by atoms with E-state index in [1.807, 2.05) is 13.1 Å². The molecule has 0 bridgehead atoms. The Balaban J connectivity index is 2.03. The number of carbonyl (C=O) groups excluding carboxylic acids is 2. The van der Waals surface area contributed by atoms with Crippen molar-refractivity contribution in [3.63, 3.8) is 0 Å². The number of Topliss-reactive ketones (excluding diaryl/α,β-unsaturated/α-hetero) is 1. The Bertz CT molecular complexity index is 471. The average molecular weight is 246 g/mol. The topological polar surface area (TPSA) is 49.4 Å². The Kier molecular flexibility index (Phi) is 3.77. The second kappa shape index (κ2) is 5.31. The number of anilines is 1. The molecule has 1 aliphatic rings. The van der Waals surface area contributed by atoms with E-state index in [0.717, 1.165) is 19.5 Å². The zero-order chi connectivity index (χ0) is 13.1. The molecular formula is C14H18N2O2. The van der Waals surface area contributed by atoms with E-state index in [4.69, 9.17) is 0 Å². The lowest BCUT2D eigenvalue weighted by Gasteiger charge is -2.11. The average Bonchev–Trinajstić information content (AvgIpc) is 2.76. The Morgan fingerprint density at radius 2 is 2.17 bits per heavy atom. The van der Waals surface area contributed by atoms with Gasteiger partial charge in [-0.2, -0.15) is 0 Å². The molecule has 4 heteroatoms. The van der Waals surface area contributed by atoms with Gasteiger partial charge < -0.3 is 10.2 Å². The number of ketones is 1. The summed E-state index contributed by atoms with van der Waals surface area (Å²) in [5, 5.41) is 2.88. The molecule has 1 aliphatic heterocycles. The number of benzene rings is 1. The number of nitrogens with one attached hydrogen (secondary N) is 1. The number of likely N-dealkylation sites (tertiary alicyclic amines) is 1. The van der Waals surface area contributed by atoms with E-state index in [2.05, 4.69) is 10.2 Å². The lowest BCUT2D eigenvalue weighted by molar-refractivity contribution is -0.119. The molecule has 1 atom stereocenters. The molecule has 0 saturated carbocycles. The van der Waals surface area contributed by atoms with E-state index in [0.29, 0.717) is 11.3 Å². The molecule has 1 heterocycles. The van der Waals surface area contributed by atoms with Crippen molar-refractivity contribution < 1.29 is 9.59 Å². The van der Waals surface area contributed by atoms with Crippen molar-refractivity contribution in [3.8, 4) is 0 Å². The van der Waals surface area contributed by atoms with Gasteiger partial charge >= 0.3 is 0 Å². The number of nitrogens with zero attached hydrogens (tertiary/aromatic N) is 1. The molecule has 0 aromatic heterocycles. The molecule has 1 amide bonds. The first kappa shape index (κ1) is 12.8. The van der Waals surface area contributed by atoms with Gasteiger partial charge in [0, 0.05) is 17.8 Å². The first-order chi connectivity index (χ1) is 8.56. The van der Waals surface area contributed by atoms with Gasteiger partial charge in [-0.1, -0.05) is 12.1 Å². The highest BCUT2D eigenvalue weighted by molar-refractivity contribution is 5.97. The minimum Gasteiger partial charge on any atom is -0.326 e. The summed E-state index contributed by atoms with van der Waals surface area (Å²) in [6.07, 6.45) is 0.898. The van der Waals surface area contributed by atoms with Crippen LogP contribution >= 0.6 is 0 Å². The van der Waals surface area contributed by atoms with Gasteiger partial charge in [-0.25, -0.2) is 0 Å². The maximum Gasteiger partial charge on any atom is 0.228 e. The first-order valence-corrected chi connectivity index (χ1v) is 6.16. The molecule has 1 saturated heterocycles. The fourth-order valence-corrected chi connectivity index (χ4v) is 2.21. The van der Waals surface area contributed by atoms with Crippen molar-refractivity contribution in [1.82, 2.24) is 4.90 Å². The van der Waals surface area contributed by atoms with Crippen LogP contribution in [0.2, 0.25) is 0 Å². The quantitative estimate of drug-likeness (QED) is 0.827. The fraction of sp³-hybridized carbons (Fsp3) is 0.429. The summed E-state index contributed by atoms with van der Waals surface area (Å²) in [5.41, 5.74) is 1.32. The maximum atomic E-state index is 12.0. The minimum atomic E-state index is 0.00620.